The summed E-state index contributed by atoms with van der Waals surface area (Å²) in [5.41, 5.74) is 4.29. The molecule has 0 atom stereocenters. The Morgan fingerprint density at radius 2 is 1.00 bits per heavy atom. The quantitative estimate of drug-likeness (QED) is 0.207. The molecule has 3 heterocycles. The van der Waals surface area contributed by atoms with Crippen molar-refractivity contribution in [1.29, 1.82) is 0 Å². The smallest absolute Gasteiger partial charge is 0.174 e. The van der Waals surface area contributed by atoms with E-state index >= 15 is 4.57 Å². The van der Waals surface area contributed by atoms with Gasteiger partial charge in [-0.1, -0.05) is 97.1 Å². The van der Waals surface area contributed by atoms with Gasteiger partial charge in [0, 0.05) is 37.5 Å². The number of furan rings is 3. The molecule has 0 aliphatic carbocycles. The van der Waals surface area contributed by atoms with Gasteiger partial charge in [-0.15, -0.1) is 0 Å². The van der Waals surface area contributed by atoms with Crippen molar-refractivity contribution in [3.63, 3.8) is 0 Å². The van der Waals surface area contributed by atoms with Crippen LogP contribution in [-0.4, -0.2) is 0 Å². The number of benzene rings is 6. The molecule has 194 valence electrons. The van der Waals surface area contributed by atoms with Crippen LogP contribution in [0.25, 0.3) is 65.8 Å². The standard InChI is InChI=1S/C36H21O4P/c37-41(22-11-3-1-4-12-22,23-13-5-2-6-14-23)31-21-30-33(32-26-16-8-10-18-28(26)40-36(31)32)34-29(38-30)20-19-25-24-15-7-9-17-27(24)39-35(25)34/h1-21H. The van der Waals surface area contributed by atoms with Crippen molar-refractivity contribution >= 4 is 88.9 Å². The number of fused-ring (bicyclic) bond motifs is 11. The molecule has 0 spiro atoms. The molecule has 0 saturated carbocycles. The first-order valence-corrected chi connectivity index (χ1v) is 15.2. The highest BCUT2D eigenvalue weighted by Gasteiger charge is 2.35. The third-order valence-electron chi connectivity index (χ3n) is 8.15. The van der Waals surface area contributed by atoms with E-state index < -0.39 is 7.14 Å². The highest BCUT2D eigenvalue weighted by atomic mass is 31.2. The minimum absolute atomic E-state index is 0.602. The molecule has 0 fully saturated rings. The molecule has 0 saturated heterocycles. The molecule has 0 aliphatic heterocycles. The lowest BCUT2D eigenvalue weighted by molar-refractivity contribution is 0.592. The summed E-state index contributed by atoms with van der Waals surface area (Å²) in [6, 6.07) is 41.4. The van der Waals surface area contributed by atoms with Crippen molar-refractivity contribution in [3.8, 4) is 0 Å². The van der Waals surface area contributed by atoms with Crippen LogP contribution in [0, 0.1) is 0 Å². The van der Waals surface area contributed by atoms with Gasteiger partial charge < -0.3 is 17.8 Å². The predicted octanol–water partition coefficient (Wildman–Crippen LogP) is 9.02. The van der Waals surface area contributed by atoms with Crippen molar-refractivity contribution in [2.45, 2.75) is 0 Å². The first-order valence-electron chi connectivity index (χ1n) is 13.5. The zero-order valence-corrected chi connectivity index (χ0v) is 22.6. The van der Waals surface area contributed by atoms with Gasteiger partial charge in [0.2, 0.25) is 0 Å². The Balaban J connectivity index is 1.52. The predicted molar refractivity (Wildman–Crippen MR) is 168 cm³/mol. The Bertz CT molecular complexity index is 2450. The molecule has 9 aromatic rings. The highest BCUT2D eigenvalue weighted by molar-refractivity contribution is 7.85. The van der Waals surface area contributed by atoms with Crippen LogP contribution in [0.1, 0.15) is 0 Å². The van der Waals surface area contributed by atoms with Crippen molar-refractivity contribution in [3.05, 3.63) is 127 Å². The van der Waals surface area contributed by atoms with E-state index in [2.05, 4.69) is 18.2 Å². The number of hydrogen-bond donors (Lipinski definition) is 0. The van der Waals surface area contributed by atoms with Crippen molar-refractivity contribution in [2.75, 3.05) is 0 Å². The number of para-hydroxylation sites is 2. The van der Waals surface area contributed by atoms with Crippen molar-refractivity contribution in [2.24, 2.45) is 0 Å². The fourth-order valence-electron chi connectivity index (χ4n) is 6.34. The topological polar surface area (TPSA) is 56.5 Å². The van der Waals surface area contributed by atoms with Gasteiger partial charge in [-0.2, -0.15) is 0 Å². The van der Waals surface area contributed by atoms with Gasteiger partial charge in [0.15, 0.2) is 7.14 Å². The van der Waals surface area contributed by atoms with Crippen LogP contribution in [0.2, 0.25) is 0 Å². The molecule has 0 radical (unpaired) electrons. The molecular formula is C36H21O4P. The van der Waals surface area contributed by atoms with Gasteiger partial charge in [-0.25, -0.2) is 0 Å². The van der Waals surface area contributed by atoms with E-state index in [9.17, 15) is 0 Å². The summed E-state index contributed by atoms with van der Waals surface area (Å²) in [6.45, 7) is 0. The molecule has 41 heavy (non-hydrogen) atoms. The van der Waals surface area contributed by atoms with E-state index in [0.717, 1.165) is 59.7 Å². The fourth-order valence-corrected chi connectivity index (χ4v) is 9.12. The van der Waals surface area contributed by atoms with Crippen LogP contribution < -0.4 is 15.9 Å². The maximum absolute atomic E-state index is 15.6. The van der Waals surface area contributed by atoms with Crippen molar-refractivity contribution < 1.29 is 17.8 Å². The van der Waals surface area contributed by atoms with Gasteiger partial charge in [-0.05, 0) is 30.3 Å². The molecule has 6 aromatic carbocycles. The van der Waals surface area contributed by atoms with Crippen LogP contribution in [-0.2, 0) is 4.57 Å². The molecule has 0 aliphatic rings. The molecule has 0 amide bonds. The van der Waals surface area contributed by atoms with E-state index in [1.54, 1.807) is 0 Å². The molecular weight excluding hydrogens is 527 g/mol. The molecule has 3 aromatic heterocycles. The summed E-state index contributed by atoms with van der Waals surface area (Å²) in [5, 5.41) is 7.80. The van der Waals surface area contributed by atoms with Crippen molar-refractivity contribution in [1.82, 2.24) is 0 Å². The summed E-state index contributed by atoms with van der Waals surface area (Å²) in [6.07, 6.45) is 0. The Labute approximate surface area is 233 Å². The molecule has 4 nitrogen and oxygen atoms in total. The van der Waals surface area contributed by atoms with E-state index in [0.29, 0.717) is 22.1 Å². The Hall–Kier alpha value is -5.05. The summed E-state index contributed by atoms with van der Waals surface area (Å²) in [5.74, 6) is 0. The second-order valence-corrected chi connectivity index (χ2v) is 13.1. The average Bonchev–Trinajstić information content (AvgIpc) is 3.72. The molecule has 0 bridgehead atoms. The Morgan fingerprint density at radius 3 is 1.71 bits per heavy atom. The monoisotopic (exact) mass is 548 g/mol. The lowest BCUT2D eigenvalue weighted by Crippen LogP contribution is -2.25. The summed E-state index contributed by atoms with van der Waals surface area (Å²) in [7, 11) is -3.37. The third-order valence-corrected chi connectivity index (χ3v) is 11.2. The largest absolute Gasteiger partial charge is 0.456 e. The summed E-state index contributed by atoms with van der Waals surface area (Å²) in [4.78, 5) is 0. The van der Waals surface area contributed by atoms with Crippen LogP contribution in [0.3, 0.4) is 0 Å². The minimum atomic E-state index is -3.37. The lowest BCUT2D eigenvalue weighted by atomic mass is 10.0. The minimum Gasteiger partial charge on any atom is -0.456 e. The molecule has 9 rings (SSSR count). The highest BCUT2D eigenvalue weighted by Crippen LogP contribution is 2.50. The zero-order valence-electron chi connectivity index (χ0n) is 21.7. The summed E-state index contributed by atoms with van der Waals surface area (Å²) >= 11 is 0. The van der Waals surface area contributed by atoms with Crippen LogP contribution in [0.15, 0.2) is 141 Å². The van der Waals surface area contributed by atoms with E-state index in [4.69, 9.17) is 13.3 Å². The average molecular weight is 549 g/mol. The van der Waals surface area contributed by atoms with Crippen LogP contribution in [0.4, 0.5) is 0 Å². The zero-order chi connectivity index (χ0) is 27.1. The fraction of sp³-hybridized carbons (Fsp3) is 0. The van der Waals surface area contributed by atoms with Gasteiger partial charge in [0.05, 0.1) is 10.7 Å². The Kier molecular flexibility index (Phi) is 4.57. The van der Waals surface area contributed by atoms with E-state index in [1.807, 2.05) is 109 Å². The first-order chi connectivity index (χ1) is 20.2. The number of rotatable bonds is 3. The number of hydrogen-bond acceptors (Lipinski definition) is 4. The lowest BCUT2D eigenvalue weighted by Gasteiger charge is -2.20. The second kappa shape index (κ2) is 8.23. The van der Waals surface area contributed by atoms with Crippen LogP contribution in [0.5, 0.6) is 0 Å². The maximum Gasteiger partial charge on any atom is 0.174 e. The first kappa shape index (κ1) is 22.7. The SMILES string of the molecule is O=P(c1ccccc1)(c1ccccc1)c1cc2oc3ccc4c5ccccc5oc4c3c2c2c1oc1ccccc12. The van der Waals surface area contributed by atoms with E-state index in [-0.39, 0.29) is 0 Å². The molecule has 0 N–H and O–H groups in total. The molecule has 0 unspecified atom stereocenters. The van der Waals surface area contributed by atoms with Gasteiger partial charge in [-0.3, -0.25) is 0 Å². The second-order valence-electron chi connectivity index (χ2n) is 10.4. The summed E-state index contributed by atoms with van der Waals surface area (Å²) < 4.78 is 35.2. The Morgan fingerprint density at radius 1 is 0.415 bits per heavy atom. The van der Waals surface area contributed by atoms with Gasteiger partial charge in [0.1, 0.15) is 33.5 Å². The van der Waals surface area contributed by atoms with E-state index in [1.165, 1.54) is 0 Å². The van der Waals surface area contributed by atoms with Crippen LogP contribution >= 0.6 is 7.14 Å². The maximum atomic E-state index is 15.6. The van der Waals surface area contributed by atoms with Gasteiger partial charge in [0.25, 0.3) is 0 Å². The van der Waals surface area contributed by atoms with Gasteiger partial charge >= 0.3 is 0 Å². The normalized spacial score (nSPS) is 12.5. The third kappa shape index (κ3) is 3.03. The molecule has 5 heteroatoms.